The van der Waals surface area contributed by atoms with Crippen LogP contribution in [0.1, 0.15) is 77.2 Å². The Morgan fingerprint density at radius 3 is 2.40 bits per heavy atom. The van der Waals surface area contributed by atoms with Gasteiger partial charge in [0.2, 0.25) is 0 Å². The molecular weight excluding hydrogens is 440 g/mol. The van der Waals surface area contributed by atoms with Crippen molar-refractivity contribution in [2.45, 2.75) is 100 Å². The Morgan fingerprint density at radius 2 is 1.66 bits per heavy atom. The number of aliphatic hydroxyl groups is 1. The number of ether oxygens (including phenoxy) is 4. The molecule has 1 aromatic rings. The molecule has 5 heteroatoms. The van der Waals surface area contributed by atoms with Gasteiger partial charge in [-0.1, -0.05) is 44.2 Å². The minimum absolute atomic E-state index is 0.0198. The van der Waals surface area contributed by atoms with Crippen LogP contribution in [0.2, 0.25) is 0 Å². The van der Waals surface area contributed by atoms with Crippen molar-refractivity contribution in [3.8, 4) is 0 Å². The molecule has 3 saturated heterocycles. The van der Waals surface area contributed by atoms with Crippen LogP contribution in [0.4, 0.5) is 0 Å². The second kappa shape index (κ2) is 6.71. The molecule has 0 radical (unpaired) electrons. The van der Waals surface area contributed by atoms with E-state index < -0.39 is 11.4 Å². The molecule has 0 aromatic heterocycles. The Morgan fingerprint density at radius 1 is 0.857 bits per heavy atom. The fourth-order valence-electron chi connectivity index (χ4n) is 11.1. The van der Waals surface area contributed by atoms with Crippen molar-refractivity contribution in [2.24, 2.45) is 28.6 Å². The van der Waals surface area contributed by atoms with Crippen LogP contribution in [0.25, 0.3) is 0 Å². The van der Waals surface area contributed by atoms with Gasteiger partial charge in [0.25, 0.3) is 0 Å². The van der Waals surface area contributed by atoms with Gasteiger partial charge in [0.1, 0.15) is 5.60 Å². The minimum atomic E-state index is -0.902. The lowest BCUT2D eigenvalue weighted by atomic mass is 9.39. The van der Waals surface area contributed by atoms with E-state index in [2.05, 4.69) is 44.2 Å². The molecular formula is C30H40O5. The Bertz CT molecular complexity index is 1030. The fraction of sp³-hybridized carbons (Fsp3) is 0.800. The van der Waals surface area contributed by atoms with Gasteiger partial charge in [-0.2, -0.15) is 0 Å². The first-order valence-corrected chi connectivity index (χ1v) is 14.2. The lowest BCUT2D eigenvalue weighted by molar-refractivity contribution is -0.268. The van der Waals surface area contributed by atoms with Crippen molar-refractivity contribution in [2.75, 3.05) is 19.8 Å². The van der Waals surface area contributed by atoms with Crippen LogP contribution < -0.4 is 0 Å². The molecule has 0 amide bonds. The summed E-state index contributed by atoms with van der Waals surface area (Å²) in [7, 11) is 0. The summed E-state index contributed by atoms with van der Waals surface area (Å²) in [5, 5.41) is 13.1. The normalized spacial score (nSPS) is 55.4. The summed E-state index contributed by atoms with van der Waals surface area (Å²) >= 11 is 0. The van der Waals surface area contributed by atoms with E-state index >= 15 is 0 Å². The van der Waals surface area contributed by atoms with E-state index in [1.54, 1.807) is 0 Å². The quantitative estimate of drug-likeness (QED) is 0.577. The fourth-order valence-corrected chi connectivity index (χ4v) is 11.1. The maximum Gasteiger partial charge on any atom is 0.171 e. The summed E-state index contributed by atoms with van der Waals surface area (Å²) in [5.41, 5.74) is -0.270. The highest BCUT2D eigenvalue weighted by atomic mass is 16.7. The van der Waals surface area contributed by atoms with Crippen molar-refractivity contribution in [3.05, 3.63) is 35.9 Å². The van der Waals surface area contributed by atoms with Crippen molar-refractivity contribution in [1.29, 1.82) is 0 Å². The van der Waals surface area contributed by atoms with Gasteiger partial charge < -0.3 is 24.1 Å². The van der Waals surface area contributed by atoms with Gasteiger partial charge in [0, 0.05) is 36.2 Å². The summed E-state index contributed by atoms with van der Waals surface area (Å²) in [6.07, 6.45) is 9.40. The molecule has 190 valence electrons. The smallest absolute Gasteiger partial charge is 0.171 e. The number of benzene rings is 1. The zero-order valence-corrected chi connectivity index (χ0v) is 21.3. The average molecular weight is 481 g/mol. The van der Waals surface area contributed by atoms with E-state index in [0.717, 1.165) is 63.5 Å². The number of hydrogen-bond donors (Lipinski definition) is 1. The molecule has 9 atom stereocenters. The zero-order valence-electron chi connectivity index (χ0n) is 21.3. The van der Waals surface area contributed by atoms with Crippen LogP contribution in [-0.2, 0) is 24.5 Å². The monoisotopic (exact) mass is 480 g/mol. The lowest BCUT2D eigenvalue weighted by Gasteiger charge is -2.66. The summed E-state index contributed by atoms with van der Waals surface area (Å²) in [6.45, 7) is 7.14. The Balaban J connectivity index is 1.28. The predicted molar refractivity (Wildman–Crippen MR) is 129 cm³/mol. The highest BCUT2D eigenvalue weighted by Gasteiger charge is 2.82. The Kier molecular flexibility index (Phi) is 4.23. The molecule has 4 saturated carbocycles. The van der Waals surface area contributed by atoms with Gasteiger partial charge >= 0.3 is 0 Å². The molecule has 35 heavy (non-hydrogen) atoms. The first kappa shape index (κ1) is 22.0. The van der Waals surface area contributed by atoms with E-state index in [0.29, 0.717) is 25.0 Å². The lowest BCUT2D eigenvalue weighted by Crippen LogP contribution is -2.68. The first-order chi connectivity index (χ1) is 16.8. The molecule has 5 nitrogen and oxygen atoms in total. The summed E-state index contributed by atoms with van der Waals surface area (Å²) in [6, 6.07) is 10.6. The molecule has 7 aliphatic rings. The molecule has 3 spiro atoms. The largest absolute Gasteiger partial charge is 0.385 e. The summed E-state index contributed by atoms with van der Waals surface area (Å²) in [5.74, 6) is 0.685. The van der Waals surface area contributed by atoms with E-state index in [4.69, 9.17) is 18.9 Å². The van der Waals surface area contributed by atoms with E-state index in [1.807, 2.05) is 0 Å². The second-order valence-corrected chi connectivity index (χ2v) is 13.6. The third-order valence-electron chi connectivity index (χ3n) is 12.5. The number of fused-ring (bicyclic) bond motifs is 5. The molecule has 0 bridgehead atoms. The number of epoxide rings is 1. The van der Waals surface area contributed by atoms with Gasteiger partial charge in [-0.25, -0.2) is 0 Å². The Hall–Kier alpha value is -0.980. The molecule has 7 fully saturated rings. The van der Waals surface area contributed by atoms with E-state index in [1.165, 1.54) is 6.42 Å². The summed E-state index contributed by atoms with van der Waals surface area (Å²) in [4.78, 5) is 0. The molecule has 1 aromatic carbocycles. The highest BCUT2D eigenvalue weighted by Crippen LogP contribution is 2.79. The SMILES string of the molecule is C[C@]12C[C@@](O)(c3ccccc3)[C@H]3[C@@H](C[C@H]4O[C@]45CC4(CC[C@]35C)OCCO4)[C@@H]1CCC21CCCO1. The van der Waals surface area contributed by atoms with Crippen LogP contribution in [-0.4, -0.2) is 48.0 Å². The van der Waals surface area contributed by atoms with Gasteiger partial charge in [-0.15, -0.1) is 0 Å². The second-order valence-electron chi connectivity index (χ2n) is 13.6. The maximum absolute atomic E-state index is 13.1. The van der Waals surface area contributed by atoms with Gasteiger partial charge in [0.15, 0.2) is 5.79 Å². The van der Waals surface area contributed by atoms with Gasteiger partial charge in [-0.05, 0) is 62.3 Å². The van der Waals surface area contributed by atoms with E-state index in [-0.39, 0.29) is 34.1 Å². The third-order valence-corrected chi connectivity index (χ3v) is 12.5. The first-order valence-electron chi connectivity index (χ1n) is 14.2. The van der Waals surface area contributed by atoms with Crippen molar-refractivity contribution >= 4 is 0 Å². The van der Waals surface area contributed by atoms with E-state index in [9.17, 15) is 5.11 Å². The van der Waals surface area contributed by atoms with Crippen molar-refractivity contribution in [3.63, 3.8) is 0 Å². The number of hydrogen-bond acceptors (Lipinski definition) is 5. The third kappa shape index (κ3) is 2.49. The average Bonchev–Trinajstić information content (AvgIpc) is 3.19. The minimum Gasteiger partial charge on any atom is -0.385 e. The van der Waals surface area contributed by atoms with Crippen molar-refractivity contribution in [1.82, 2.24) is 0 Å². The van der Waals surface area contributed by atoms with Crippen LogP contribution in [0.3, 0.4) is 0 Å². The summed E-state index contributed by atoms with van der Waals surface area (Å²) < 4.78 is 25.8. The van der Waals surface area contributed by atoms with Crippen LogP contribution in [0.5, 0.6) is 0 Å². The molecule has 4 aliphatic carbocycles. The number of rotatable bonds is 1. The molecule has 8 rings (SSSR count). The molecule has 1 N–H and O–H groups in total. The Labute approximate surface area is 208 Å². The molecule has 1 unspecified atom stereocenters. The van der Waals surface area contributed by atoms with Gasteiger partial charge in [-0.3, -0.25) is 0 Å². The molecule has 3 heterocycles. The van der Waals surface area contributed by atoms with Crippen LogP contribution >= 0.6 is 0 Å². The topological polar surface area (TPSA) is 60.5 Å². The zero-order chi connectivity index (χ0) is 23.7. The van der Waals surface area contributed by atoms with Crippen molar-refractivity contribution < 1.29 is 24.1 Å². The van der Waals surface area contributed by atoms with Gasteiger partial charge in [0.05, 0.1) is 30.5 Å². The van der Waals surface area contributed by atoms with Crippen LogP contribution in [0, 0.1) is 28.6 Å². The molecule has 3 aliphatic heterocycles. The predicted octanol–water partition coefficient (Wildman–Crippen LogP) is 4.95. The standard InChI is InChI=1S/C30H40O5/c1-25-12-13-28(33-15-16-34-28)19-30(25)23(35-30)17-21-22-9-11-27(10-6-14-32-27)26(22,2)18-29(31,24(21)25)20-7-4-3-5-8-20/h3-5,7-8,21-24,31H,6,9-19H2,1-2H3/t21-,22-,23+,24-,25+,26-,27?,29+,30+/m0/s1. The van der Waals surface area contributed by atoms with Crippen LogP contribution in [0.15, 0.2) is 30.3 Å². The maximum atomic E-state index is 13.1. The highest BCUT2D eigenvalue weighted by molar-refractivity contribution is 5.35.